The van der Waals surface area contributed by atoms with Gasteiger partial charge in [-0.15, -0.1) is 0 Å². The number of aliphatic carboxylic acids is 1. The lowest BCUT2D eigenvalue weighted by Crippen LogP contribution is -2.33. The van der Waals surface area contributed by atoms with Gasteiger partial charge in [0, 0.05) is 32.9 Å². The standard InChI is InChI=1S/C16H25N3O3/c1-5-9-19(6-2)14-8-7-13(10-17-14)15(20)18(4)11-12(3)16(21)22/h7-8,10,12H,5-6,9,11H2,1-4H3,(H,21,22). The number of carboxylic acids is 1. The lowest BCUT2D eigenvalue weighted by molar-refractivity contribution is -0.141. The monoisotopic (exact) mass is 307 g/mol. The number of nitrogens with zero attached hydrogens (tertiary/aromatic N) is 3. The number of carbonyl (C=O) groups excluding carboxylic acids is 1. The lowest BCUT2D eigenvalue weighted by atomic mass is 10.1. The molecule has 1 heterocycles. The van der Waals surface area contributed by atoms with Crippen LogP contribution in [0, 0.1) is 5.92 Å². The Kier molecular flexibility index (Phi) is 6.82. The molecule has 1 aromatic heterocycles. The Balaban J connectivity index is 2.77. The van der Waals surface area contributed by atoms with Crippen molar-refractivity contribution in [2.24, 2.45) is 5.92 Å². The van der Waals surface area contributed by atoms with Crippen LogP contribution in [0.25, 0.3) is 0 Å². The molecule has 0 aliphatic carbocycles. The second kappa shape index (κ2) is 8.36. The van der Waals surface area contributed by atoms with Crippen LogP contribution in [0.1, 0.15) is 37.6 Å². The van der Waals surface area contributed by atoms with Crippen LogP contribution in [0.4, 0.5) is 5.82 Å². The fourth-order valence-electron chi connectivity index (χ4n) is 2.20. The predicted molar refractivity (Wildman–Crippen MR) is 86.2 cm³/mol. The van der Waals surface area contributed by atoms with Gasteiger partial charge >= 0.3 is 5.97 Å². The number of hydrogen-bond donors (Lipinski definition) is 1. The zero-order valence-electron chi connectivity index (χ0n) is 13.7. The first-order valence-corrected chi connectivity index (χ1v) is 7.59. The molecule has 0 aliphatic heterocycles. The third kappa shape index (κ3) is 4.72. The summed E-state index contributed by atoms with van der Waals surface area (Å²) in [4.78, 5) is 31.0. The molecule has 1 aromatic rings. The Morgan fingerprint density at radius 2 is 2.00 bits per heavy atom. The van der Waals surface area contributed by atoms with Gasteiger partial charge in [-0.05, 0) is 25.5 Å². The van der Waals surface area contributed by atoms with E-state index in [0.717, 1.165) is 25.3 Å². The molecule has 0 aliphatic rings. The molecule has 0 fully saturated rings. The predicted octanol–water partition coefficient (Wildman–Crippen LogP) is 2.11. The quantitative estimate of drug-likeness (QED) is 0.796. The maximum absolute atomic E-state index is 12.3. The Hall–Kier alpha value is -2.11. The summed E-state index contributed by atoms with van der Waals surface area (Å²) in [5.41, 5.74) is 0.469. The van der Waals surface area contributed by atoms with Gasteiger partial charge in [-0.1, -0.05) is 13.8 Å². The summed E-state index contributed by atoms with van der Waals surface area (Å²) < 4.78 is 0. The minimum absolute atomic E-state index is 0.173. The van der Waals surface area contributed by atoms with Gasteiger partial charge in [-0.3, -0.25) is 9.59 Å². The Labute approximate surface area is 131 Å². The van der Waals surface area contributed by atoms with Crippen molar-refractivity contribution in [2.75, 3.05) is 31.6 Å². The van der Waals surface area contributed by atoms with Crippen molar-refractivity contribution in [3.63, 3.8) is 0 Å². The summed E-state index contributed by atoms with van der Waals surface area (Å²) in [5.74, 6) is -0.874. The van der Waals surface area contributed by atoms with Crippen LogP contribution >= 0.6 is 0 Å². The Morgan fingerprint density at radius 1 is 1.32 bits per heavy atom. The van der Waals surface area contributed by atoms with Crippen LogP contribution in [-0.2, 0) is 4.79 Å². The molecule has 6 heteroatoms. The SMILES string of the molecule is CCCN(CC)c1ccc(C(=O)N(C)CC(C)C(=O)O)cn1. The minimum atomic E-state index is -0.911. The summed E-state index contributed by atoms with van der Waals surface area (Å²) in [7, 11) is 1.60. The Morgan fingerprint density at radius 3 is 2.45 bits per heavy atom. The summed E-state index contributed by atoms with van der Waals surface area (Å²) in [5, 5.41) is 8.90. The molecule has 1 atom stereocenters. The molecule has 0 bridgehead atoms. The van der Waals surface area contributed by atoms with E-state index < -0.39 is 11.9 Å². The van der Waals surface area contributed by atoms with Crippen molar-refractivity contribution in [2.45, 2.75) is 27.2 Å². The van der Waals surface area contributed by atoms with E-state index in [1.165, 1.54) is 4.90 Å². The molecule has 0 saturated heterocycles. The molecular formula is C16H25N3O3. The molecule has 0 aromatic carbocycles. The fourth-order valence-corrected chi connectivity index (χ4v) is 2.20. The molecule has 6 nitrogen and oxygen atoms in total. The van der Waals surface area contributed by atoms with Crippen LogP contribution in [0.15, 0.2) is 18.3 Å². The molecule has 1 unspecified atom stereocenters. The smallest absolute Gasteiger partial charge is 0.308 e. The summed E-state index contributed by atoms with van der Waals surface area (Å²) in [6.07, 6.45) is 2.59. The van der Waals surface area contributed by atoms with Crippen LogP contribution in [-0.4, -0.2) is 53.5 Å². The van der Waals surface area contributed by atoms with Crippen LogP contribution < -0.4 is 4.90 Å². The zero-order valence-corrected chi connectivity index (χ0v) is 13.7. The lowest BCUT2D eigenvalue weighted by Gasteiger charge is -2.22. The third-order valence-electron chi connectivity index (χ3n) is 3.51. The van der Waals surface area contributed by atoms with Crippen molar-refractivity contribution in [3.05, 3.63) is 23.9 Å². The molecule has 122 valence electrons. The van der Waals surface area contributed by atoms with Crippen LogP contribution in [0.3, 0.4) is 0 Å². The number of aromatic nitrogens is 1. The van der Waals surface area contributed by atoms with Gasteiger partial charge in [0.15, 0.2) is 0 Å². The number of carbonyl (C=O) groups is 2. The minimum Gasteiger partial charge on any atom is -0.481 e. The van der Waals surface area contributed by atoms with Gasteiger partial charge < -0.3 is 14.9 Å². The molecule has 1 rings (SSSR count). The van der Waals surface area contributed by atoms with Gasteiger partial charge in [0.2, 0.25) is 0 Å². The largest absolute Gasteiger partial charge is 0.481 e. The van der Waals surface area contributed by atoms with Gasteiger partial charge in [-0.2, -0.15) is 0 Å². The number of pyridine rings is 1. The first-order valence-electron chi connectivity index (χ1n) is 7.59. The second-order valence-corrected chi connectivity index (χ2v) is 5.41. The maximum Gasteiger partial charge on any atom is 0.308 e. The van der Waals surface area contributed by atoms with Gasteiger partial charge in [0.25, 0.3) is 5.91 Å². The fraction of sp³-hybridized carbons (Fsp3) is 0.562. The molecule has 0 saturated carbocycles. The van der Waals surface area contributed by atoms with E-state index in [-0.39, 0.29) is 12.5 Å². The first-order chi connectivity index (χ1) is 10.4. The highest BCUT2D eigenvalue weighted by atomic mass is 16.4. The first kappa shape index (κ1) is 17.9. The van der Waals surface area contributed by atoms with E-state index in [0.29, 0.717) is 5.56 Å². The summed E-state index contributed by atoms with van der Waals surface area (Å²) in [6.45, 7) is 7.72. The van der Waals surface area contributed by atoms with Crippen LogP contribution in [0.5, 0.6) is 0 Å². The highest BCUT2D eigenvalue weighted by Crippen LogP contribution is 2.13. The number of anilines is 1. The van der Waals surface area contributed by atoms with E-state index in [1.54, 1.807) is 26.2 Å². The average Bonchev–Trinajstić information content (AvgIpc) is 2.51. The van der Waals surface area contributed by atoms with Crippen molar-refractivity contribution in [1.82, 2.24) is 9.88 Å². The van der Waals surface area contributed by atoms with Gasteiger partial charge in [0.1, 0.15) is 5.82 Å². The number of carboxylic acid groups (broad SMARTS) is 1. The van der Waals surface area contributed by atoms with Gasteiger partial charge in [-0.25, -0.2) is 4.98 Å². The van der Waals surface area contributed by atoms with Crippen LogP contribution in [0.2, 0.25) is 0 Å². The van der Waals surface area contributed by atoms with E-state index in [9.17, 15) is 9.59 Å². The second-order valence-electron chi connectivity index (χ2n) is 5.41. The zero-order chi connectivity index (χ0) is 16.7. The van der Waals surface area contributed by atoms with Crippen molar-refractivity contribution in [3.8, 4) is 0 Å². The average molecular weight is 307 g/mol. The number of amides is 1. The van der Waals surface area contributed by atoms with Crippen molar-refractivity contribution >= 4 is 17.7 Å². The Bertz CT molecular complexity index is 502. The molecular weight excluding hydrogens is 282 g/mol. The maximum atomic E-state index is 12.3. The highest BCUT2D eigenvalue weighted by molar-refractivity contribution is 5.94. The van der Waals surface area contributed by atoms with Crippen molar-refractivity contribution in [1.29, 1.82) is 0 Å². The molecule has 0 spiro atoms. The number of rotatable bonds is 8. The summed E-state index contributed by atoms with van der Waals surface area (Å²) >= 11 is 0. The van der Waals surface area contributed by atoms with E-state index in [4.69, 9.17) is 5.11 Å². The third-order valence-corrected chi connectivity index (χ3v) is 3.51. The van der Waals surface area contributed by atoms with E-state index in [2.05, 4.69) is 23.7 Å². The normalized spacial score (nSPS) is 11.8. The highest BCUT2D eigenvalue weighted by Gasteiger charge is 2.19. The molecule has 0 radical (unpaired) electrons. The molecule has 1 amide bonds. The number of hydrogen-bond acceptors (Lipinski definition) is 4. The molecule has 22 heavy (non-hydrogen) atoms. The summed E-state index contributed by atoms with van der Waals surface area (Å²) in [6, 6.07) is 3.58. The van der Waals surface area contributed by atoms with Gasteiger partial charge in [0.05, 0.1) is 11.5 Å². The van der Waals surface area contributed by atoms with E-state index >= 15 is 0 Å². The van der Waals surface area contributed by atoms with E-state index in [1.807, 2.05) is 6.07 Å². The topological polar surface area (TPSA) is 73.7 Å². The van der Waals surface area contributed by atoms with Crippen molar-refractivity contribution < 1.29 is 14.7 Å². The molecule has 1 N–H and O–H groups in total.